The zero-order valence-electron chi connectivity index (χ0n) is 15.3. The molecule has 2 aliphatic rings. The molecule has 3 atom stereocenters. The van der Waals surface area contributed by atoms with Gasteiger partial charge >= 0.3 is 0 Å². The van der Waals surface area contributed by atoms with E-state index in [0.29, 0.717) is 12.6 Å². The quantitative estimate of drug-likeness (QED) is 0.809. The molecule has 2 N–H and O–H groups in total. The molecule has 5 nitrogen and oxygen atoms in total. The first-order valence-corrected chi connectivity index (χ1v) is 9.27. The molecule has 1 aromatic carbocycles. The average molecular weight is 383 g/mol. The summed E-state index contributed by atoms with van der Waals surface area (Å²) >= 11 is 0. The number of carbonyl (C=O) groups excluding carboxylic acids is 2. The van der Waals surface area contributed by atoms with Gasteiger partial charge < -0.3 is 15.5 Å². The topological polar surface area (TPSA) is 66.6 Å². The monoisotopic (exact) mass is 383 g/mol. The van der Waals surface area contributed by atoms with Crippen molar-refractivity contribution in [3.05, 3.63) is 35.1 Å². The Hall–Kier alpha value is -2.09. The molecule has 2 saturated heterocycles. The SMILES string of the molecule is C[C@@H]1C(=O)N2CCCC2CCN1C(=O)C[C@H](N)Cc1cc(F)c(F)cc1F. The summed E-state index contributed by atoms with van der Waals surface area (Å²) < 4.78 is 40.1. The number of nitrogens with zero attached hydrogens (tertiary/aromatic N) is 2. The van der Waals surface area contributed by atoms with Gasteiger partial charge in [-0.1, -0.05) is 0 Å². The van der Waals surface area contributed by atoms with Gasteiger partial charge in [-0.25, -0.2) is 13.2 Å². The van der Waals surface area contributed by atoms with Crippen molar-refractivity contribution >= 4 is 11.8 Å². The Morgan fingerprint density at radius 3 is 2.63 bits per heavy atom. The molecular weight excluding hydrogens is 359 g/mol. The third-order valence-corrected chi connectivity index (χ3v) is 5.52. The number of rotatable bonds is 4. The molecule has 27 heavy (non-hydrogen) atoms. The van der Waals surface area contributed by atoms with Crippen molar-refractivity contribution in [2.24, 2.45) is 5.73 Å². The summed E-state index contributed by atoms with van der Waals surface area (Å²) in [6, 6.07) is 0.0986. The highest BCUT2D eigenvalue weighted by atomic mass is 19.2. The zero-order valence-corrected chi connectivity index (χ0v) is 15.3. The Morgan fingerprint density at radius 2 is 1.89 bits per heavy atom. The third kappa shape index (κ3) is 4.10. The molecule has 0 aromatic heterocycles. The van der Waals surface area contributed by atoms with Gasteiger partial charge in [0, 0.05) is 37.7 Å². The molecule has 8 heteroatoms. The summed E-state index contributed by atoms with van der Waals surface area (Å²) in [5.41, 5.74) is 5.88. The van der Waals surface area contributed by atoms with E-state index in [-0.39, 0.29) is 36.3 Å². The van der Waals surface area contributed by atoms with Crippen molar-refractivity contribution < 1.29 is 22.8 Å². The van der Waals surface area contributed by atoms with Crippen LogP contribution in [-0.2, 0) is 16.0 Å². The van der Waals surface area contributed by atoms with Crippen LogP contribution in [0.25, 0.3) is 0 Å². The molecule has 0 bridgehead atoms. The minimum Gasteiger partial charge on any atom is -0.338 e. The molecule has 0 spiro atoms. The van der Waals surface area contributed by atoms with E-state index in [1.54, 1.807) is 6.92 Å². The van der Waals surface area contributed by atoms with E-state index in [2.05, 4.69) is 0 Å². The molecule has 0 radical (unpaired) electrons. The fraction of sp³-hybridized carbons (Fsp3) is 0.579. The Bertz CT molecular complexity index is 743. The number of benzene rings is 1. The van der Waals surface area contributed by atoms with E-state index in [0.717, 1.165) is 31.9 Å². The Kier molecular flexibility index (Phi) is 5.74. The fourth-order valence-electron chi connectivity index (χ4n) is 4.04. The van der Waals surface area contributed by atoms with Crippen LogP contribution in [0.1, 0.15) is 38.2 Å². The predicted molar refractivity (Wildman–Crippen MR) is 93.1 cm³/mol. The second kappa shape index (κ2) is 7.88. The molecule has 1 unspecified atom stereocenters. The number of amides is 2. The number of hydrogen-bond donors (Lipinski definition) is 1. The number of fused-ring (bicyclic) bond motifs is 1. The molecule has 2 fully saturated rings. The van der Waals surface area contributed by atoms with Crippen molar-refractivity contribution in [3.8, 4) is 0 Å². The largest absolute Gasteiger partial charge is 0.338 e. The smallest absolute Gasteiger partial charge is 0.245 e. The van der Waals surface area contributed by atoms with Crippen LogP contribution in [-0.4, -0.2) is 52.8 Å². The van der Waals surface area contributed by atoms with Crippen LogP contribution in [0.3, 0.4) is 0 Å². The van der Waals surface area contributed by atoms with Crippen molar-refractivity contribution in [1.82, 2.24) is 9.80 Å². The molecule has 2 aliphatic heterocycles. The maximum atomic E-state index is 13.8. The van der Waals surface area contributed by atoms with Crippen LogP contribution < -0.4 is 5.73 Å². The number of carbonyl (C=O) groups is 2. The molecule has 0 saturated carbocycles. The number of nitrogens with two attached hydrogens (primary N) is 1. The number of hydrogen-bond acceptors (Lipinski definition) is 3. The van der Waals surface area contributed by atoms with Crippen LogP contribution in [0.4, 0.5) is 13.2 Å². The lowest BCUT2D eigenvalue weighted by Gasteiger charge is -2.28. The van der Waals surface area contributed by atoms with E-state index < -0.39 is 29.5 Å². The Labute approximate surface area is 156 Å². The normalized spacial score (nSPS) is 24.0. The lowest BCUT2D eigenvalue weighted by Crippen LogP contribution is -2.48. The Morgan fingerprint density at radius 1 is 1.19 bits per heavy atom. The van der Waals surface area contributed by atoms with Crippen LogP contribution in [0, 0.1) is 17.5 Å². The Balaban J connectivity index is 1.64. The fourth-order valence-corrected chi connectivity index (χ4v) is 4.04. The van der Waals surface area contributed by atoms with Gasteiger partial charge in [-0.15, -0.1) is 0 Å². The maximum Gasteiger partial charge on any atom is 0.245 e. The second-order valence-electron chi connectivity index (χ2n) is 7.41. The van der Waals surface area contributed by atoms with Gasteiger partial charge in [0.15, 0.2) is 11.6 Å². The average Bonchev–Trinajstić information content (AvgIpc) is 3.03. The zero-order chi connectivity index (χ0) is 19.7. The summed E-state index contributed by atoms with van der Waals surface area (Å²) in [5, 5.41) is 0. The van der Waals surface area contributed by atoms with Crippen LogP contribution in [0.5, 0.6) is 0 Å². The summed E-state index contributed by atoms with van der Waals surface area (Å²) in [6.45, 7) is 2.91. The first-order valence-electron chi connectivity index (χ1n) is 9.27. The van der Waals surface area contributed by atoms with Crippen molar-refractivity contribution in [1.29, 1.82) is 0 Å². The van der Waals surface area contributed by atoms with Gasteiger partial charge in [0.25, 0.3) is 0 Å². The number of halogens is 3. The summed E-state index contributed by atoms with van der Waals surface area (Å²) in [7, 11) is 0. The van der Waals surface area contributed by atoms with Gasteiger partial charge in [0.1, 0.15) is 11.9 Å². The molecule has 2 heterocycles. The molecule has 3 rings (SSSR count). The summed E-state index contributed by atoms with van der Waals surface area (Å²) in [5.74, 6) is -3.65. The van der Waals surface area contributed by atoms with Crippen LogP contribution >= 0.6 is 0 Å². The van der Waals surface area contributed by atoms with E-state index in [1.807, 2.05) is 4.90 Å². The van der Waals surface area contributed by atoms with Crippen molar-refractivity contribution in [2.75, 3.05) is 13.1 Å². The van der Waals surface area contributed by atoms with Crippen LogP contribution in [0.15, 0.2) is 12.1 Å². The summed E-state index contributed by atoms with van der Waals surface area (Å²) in [6.07, 6.45) is 2.48. The minimum absolute atomic E-state index is 0.0522. The van der Waals surface area contributed by atoms with Crippen molar-refractivity contribution in [2.45, 2.75) is 57.2 Å². The molecule has 1 aromatic rings. The lowest BCUT2D eigenvalue weighted by molar-refractivity contribution is -0.143. The van der Waals surface area contributed by atoms with Crippen LogP contribution in [0.2, 0.25) is 0 Å². The maximum absolute atomic E-state index is 13.8. The summed E-state index contributed by atoms with van der Waals surface area (Å²) in [4.78, 5) is 28.7. The van der Waals surface area contributed by atoms with E-state index >= 15 is 0 Å². The first-order chi connectivity index (χ1) is 12.8. The van der Waals surface area contributed by atoms with E-state index in [4.69, 9.17) is 5.73 Å². The molecule has 148 valence electrons. The first kappa shape index (κ1) is 19.7. The highest BCUT2D eigenvalue weighted by molar-refractivity contribution is 5.88. The van der Waals surface area contributed by atoms with E-state index in [1.165, 1.54) is 4.90 Å². The lowest BCUT2D eigenvalue weighted by atomic mass is 10.0. The predicted octanol–water partition coefficient (Wildman–Crippen LogP) is 1.98. The van der Waals surface area contributed by atoms with Gasteiger partial charge in [0.05, 0.1) is 0 Å². The van der Waals surface area contributed by atoms with Gasteiger partial charge in [-0.05, 0) is 44.2 Å². The third-order valence-electron chi connectivity index (χ3n) is 5.52. The van der Waals surface area contributed by atoms with Gasteiger partial charge in [-0.2, -0.15) is 0 Å². The highest BCUT2D eigenvalue weighted by Crippen LogP contribution is 2.26. The molecular formula is C19H24F3N3O2. The van der Waals surface area contributed by atoms with Crippen molar-refractivity contribution in [3.63, 3.8) is 0 Å². The minimum atomic E-state index is -1.27. The molecule has 2 amide bonds. The standard InChI is InChI=1S/C19H24F3N3O2/c1-11-19(27)25-5-2-3-14(25)4-6-24(11)18(26)9-13(23)7-12-8-16(21)17(22)10-15(12)20/h8,10-11,13-14H,2-7,9,23H2,1H3/t11-,13-,14?/m1/s1. The highest BCUT2D eigenvalue weighted by Gasteiger charge is 2.38. The molecule has 0 aliphatic carbocycles. The second-order valence-corrected chi connectivity index (χ2v) is 7.41. The van der Waals surface area contributed by atoms with Gasteiger partial charge in [0.2, 0.25) is 11.8 Å². The van der Waals surface area contributed by atoms with E-state index in [9.17, 15) is 22.8 Å². The van der Waals surface area contributed by atoms with Gasteiger partial charge in [-0.3, -0.25) is 9.59 Å².